The van der Waals surface area contributed by atoms with Crippen molar-refractivity contribution in [3.8, 4) is 34.5 Å². The predicted octanol–water partition coefficient (Wildman–Crippen LogP) is 11.5. The molecular formula is C51H72N2O8S. The molecule has 0 saturated heterocycles. The van der Waals surface area contributed by atoms with E-state index in [4.69, 9.17) is 28.4 Å². The van der Waals surface area contributed by atoms with Crippen molar-refractivity contribution < 1.29 is 38.0 Å². The highest BCUT2D eigenvalue weighted by atomic mass is 32.1. The van der Waals surface area contributed by atoms with Crippen molar-refractivity contribution in [1.29, 1.82) is 0 Å². The minimum atomic E-state index is -0.517. The molecule has 0 saturated carbocycles. The van der Waals surface area contributed by atoms with Gasteiger partial charge in [0, 0.05) is 36.6 Å². The van der Waals surface area contributed by atoms with E-state index in [0.717, 1.165) is 86.0 Å². The van der Waals surface area contributed by atoms with Crippen molar-refractivity contribution in [3.05, 3.63) is 94.0 Å². The van der Waals surface area contributed by atoms with Gasteiger partial charge in [-0.25, -0.2) is 0 Å². The van der Waals surface area contributed by atoms with E-state index in [-0.39, 0.29) is 32.9 Å². The molecule has 11 heteroatoms. The Bertz CT molecular complexity index is 1990. The third kappa shape index (κ3) is 12.5. The van der Waals surface area contributed by atoms with Gasteiger partial charge < -0.3 is 39.1 Å². The Balaban J connectivity index is 0.000000320. The summed E-state index contributed by atoms with van der Waals surface area (Å²) in [6, 6.07) is 20.3. The van der Waals surface area contributed by atoms with Crippen LogP contribution in [0.3, 0.4) is 0 Å². The van der Waals surface area contributed by atoms with Crippen LogP contribution >= 0.6 is 13.5 Å². The lowest BCUT2D eigenvalue weighted by Crippen LogP contribution is -2.25. The van der Waals surface area contributed by atoms with Crippen molar-refractivity contribution >= 4 is 36.8 Å². The minimum Gasteiger partial charge on any atom is -0.493 e. The number of carbonyl (C=O) groups excluding carboxylic acids is 2. The van der Waals surface area contributed by atoms with Crippen molar-refractivity contribution in [3.63, 3.8) is 0 Å². The van der Waals surface area contributed by atoms with Gasteiger partial charge in [0.1, 0.15) is 11.5 Å². The predicted molar refractivity (Wildman–Crippen MR) is 257 cm³/mol. The van der Waals surface area contributed by atoms with Gasteiger partial charge in [-0.15, -0.1) is 0 Å². The standard InChI is InChI=1S/2C25H33NO4.CH4.H2S/c2*1-7-26-21-15-23(29-6)22(28-5)14-20(21)18-9-8-17-13-19(11-10-16(17)12-18)30-24(27)25(2,3)4;;/h2*10-11,13-15,18,26H,7-9,12H2,1-6H3;1H4;1H2/t2*18-;;/m10../s1. The molecule has 6 rings (SSSR count). The smallest absolute Gasteiger partial charge is 0.316 e. The molecule has 2 N–H and O–H groups in total. The van der Waals surface area contributed by atoms with Crippen molar-refractivity contribution in [2.24, 2.45) is 10.8 Å². The number of hydrogen-bond acceptors (Lipinski definition) is 10. The first-order valence-electron chi connectivity index (χ1n) is 21.2. The zero-order valence-corrected chi connectivity index (χ0v) is 39.4. The summed E-state index contributed by atoms with van der Waals surface area (Å²) in [5.41, 5.74) is 8.80. The second-order valence-electron chi connectivity index (χ2n) is 17.7. The van der Waals surface area contributed by atoms with Crippen LogP contribution in [0.4, 0.5) is 11.4 Å². The fraction of sp³-hybridized carbons (Fsp3) is 0.490. The molecule has 10 nitrogen and oxygen atoms in total. The highest BCUT2D eigenvalue weighted by molar-refractivity contribution is 7.59. The normalized spacial score (nSPS) is 15.4. The van der Waals surface area contributed by atoms with E-state index in [0.29, 0.717) is 23.3 Å². The summed E-state index contributed by atoms with van der Waals surface area (Å²) >= 11 is 0. The van der Waals surface area contributed by atoms with Gasteiger partial charge in [-0.3, -0.25) is 9.59 Å². The van der Waals surface area contributed by atoms with Gasteiger partial charge >= 0.3 is 11.9 Å². The van der Waals surface area contributed by atoms with Gasteiger partial charge in [0.2, 0.25) is 0 Å². The number of hydrogen-bond donors (Lipinski definition) is 2. The second kappa shape index (κ2) is 22.4. The van der Waals surface area contributed by atoms with Gasteiger partial charge in [0.15, 0.2) is 23.0 Å². The lowest BCUT2D eigenvalue weighted by Gasteiger charge is -2.28. The molecule has 4 aromatic carbocycles. The van der Waals surface area contributed by atoms with E-state index < -0.39 is 10.8 Å². The molecule has 0 radical (unpaired) electrons. The summed E-state index contributed by atoms with van der Waals surface area (Å²) in [5.74, 6) is 4.58. The van der Waals surface area contributed by atoms with Gasteiger partial charge in [0.25, 0.3) is 0 Å². The summed E-state index contributed by atoms with van der Waals surface area (Å²) in [7, 11) is 6.67. The van der Waals surface area contributed by atoms with Crippen LogP contribution < -0.4 is 39.1 Å². The third-order valence-corrected chi connectivity index (χ3v) is 11.2. The average molecular weight is 873 g/mol. The number of carbonyl (C=O) groups is 2. The number of benzene rings is 4. The summed E-state index contributed by atoms with van der Waals surface area (Å²) in [5, 5.41) is 6.95. The minimum absolute atomic E-state index is 0. The molecular weight excluding hydrogens is 801 g/mol. The molecule has 0 aliphatic heterocycles. The number of ether oxygens (including phenoxy) is 6. The molecule has 0 amide bonds. The van der Waals surface area contributed by atoms with Gasteiger partial charge in [-0.1, -0.05) is 19.6 Å². The van der Waals surface area contributed by atoms with Crippen LogP contribution in [-0.4, -0.2) is 53.5 Å². The van der Waals surface area contributed by atoms with Crippen molar-refractivity contribution in [2.45, 2.75) is 113 Å². The molecule has 0 unspecified atom stereocenters. The summed E-state index contributed by atoms with van der Waals surface area (Å²) < 4.78 is 33.2. The molecule has 2 aliphatic carbocycles. The highest BCUT2D eigenvalue weighted by Crippen LogP contribution is 2.44. The van der Waals surface area contributed by atoms with Crippen LogP contribution in [0.2, 0.25) is 0 Å². The molecule has 62 heavy (non-hydrogen) atoms. The molecule has 0 fully saturated rings. The largest absolute Gasteiger partial charge is 0.493 e. The number of nitrogens with one attached hydrogen (secondary N) is 2. The Morgan fingerprint density at radius 2 is 0.887 bits per heavy atom. The maximum absolute atomic E-state index is 12.2. The number of methoxy groups -OCH3 is 4. The fourth-order valence-corrected chi connectivity index (χ4v) is 7.79. The van der Waals surface area contributed by atoms with E-state index in [9.17, 15) is 9.59 Å². The van der Waals surface area contributed by atoms with Crippen LogP contribution in [-0.2, 0) is 35.3 Å². The second-order valence-corrected chi connectivity index (χ2v) is 17.7. The summed E-state index contributed by atoms with van der Waals surface area (Å²) in [4.78, 5) is 24.4. The molecule has 0 bridgehead atoms. The first kappa shape index (κ1) is 51.3. The highest BCUT2D eigenvalue weighted by Gasteiger charge is 2.29. The number of aryl methyl sites for hydroxylation is 2. The third-order valence-electron chi connectivity index (χ3n) is 11.2. The van der Waals surface area contributed by atoms with E-state index in [1.54, 1.807) is 28.4 Å². The zero-order chi connectivity index (χ0) is 43.8. The van der Waals surface area contributed by atoms with Crippen molar-refractivity contribution in [1.82, 2.24) is 0 Å². The van der Waals surface area contributed by atoms with Crippen LogP contribution in [0.15, 0.2) is 60.7 Å². The number of fused-ring (bicyclic) bond motifs is 2. The first-order valence-corrected chi connectivity index (χ1v) is 21.2. The molecule has 2 atom stereocenters. The molecule has 0 spiro atoms. The van der Waals surface area contributed by atoms with Gasteiger partial charge in [-0.05, 0) is 176 Å². The zero-order valence-electron chi connectivity index (χ0n) is 38.4. The summed E-state index contributed by atoms with van der Waals surface area (Å²) in [6.07, 6.45) is 5.82. The Hall–Kier alpha value is -5.03. The Labute approximate surface area is 378 Å². The molecule has 2 aliphatic rings. The number of anilines is 2. The molecule has 340 valence electrons. The van der Waals surface area contributed by atoms with E-state index in [2.05, 4.69) is 48.7 Å². The number of rotatable bonds is 12. The van der Waals surface area contributed by atoms with Gasteiger partial charge in [-0.2, -0.15) is 13.5 Å². The first-order chi connectivity index (χ1) is 28.5. The van der Waals surface area contributed by atoms with Crippen LogP contribution in [0.1, 0.15) is 121 Å². The van der Waals surface area contributed by atoms with E-state index in [1.807, 2.05) is 77.9 Å². The van der Waals surface area contributed by atoms with Crippen LogP contribution in [0.5, 0.6) is 34.5 Å². The van der Waals surface area contributed by atoms with E-state index in [1.165, 1.54) is 33.4 Å². The Morgan fingerprint density at radius 1 is 0.548 bits per heavy atom. The molecule has 0 heterocycles. The molecule has 0 aromatic heterocycles. The van der Waals surface area contributed by atoms with Gasteiger partial charge in [0.05, 0.1) is 39.3 Å². The Kier molecular flexibility index (Phi) is 18.5. The van der Waals surface area contributed by atoms with E-state index >= 15 is 0 Å². The van der Waals surface area contributed by atoms with Crippen LogP contribution in [0, 0.1) is 10.8 Å². The SMILES string of the molecule is C.CCNc1cc(OC)c(OC)cc1[C@@H]1CCc2cc(OC(=O)C(C)(C)C)ccc2C1.CCNc1cc(OC)c(OC)cc1[C@H]1CCc2cc(OC(=O)C(C)(C)C)ccc2C1.S. The molecule has 4 aromatic rings. The lowest BCUT2D eigenvalue weighted by atomic mass is 9.79. The monoisotopic (exact) mass is 873 g/mol. The summed E-state index contributed by atoms with van der Waals surface area (Å²) in [6.45, 7) is 17.1. The fourth-order valence-electron chi connectivity index (χ4n) is 7.79. The maximum Gasteiger partial charge on any atom is 0.316 e. The Morgan fingerprint density at radius 3 is 1.19 bits per heavy atom. The average Bonchev–Trinajstić information content (AvgIpc) is 3.22. The number of esters is 2. The van der Waals surface area contributed by atoms with Crippen molar-refractivity contribution in [2.75, 3.05) is 52.2 Å². The van der Waals surface area contributed by atoms with Crippen LogP contribution in [0.25, 0.3) is 0 Å². The quantitative estimate of drug-likeness (QED) is 0.105. The maximum atomic E-state index is 12.2. The topological polar surface area (TPSA) is 114 Å². The lowest BCUT2D eigenvalue weighted by molar-refractivity contribution is -0.143.